The molecule has 0 heterocycles. The molecule has 0 N–H and O–H groups in total. The molecule has 0 spiro atoms. The molecule has 0 bridgehead atoms. The van der Waals surface area contributed by atoms with Crippen molar-refractivity contribution >= 4 is 18.0 Å². The Morgan fingerprint density at radius 1 is 1.05 bits per heavy atom. The Morgan fingerprint density at radius 3 is 2.19 bits per heavy atom. The second-order valence-electron chi connectivity index (χ2n) is 4.15. The molecule has 0 saturated carbocycles. The van der Waals surface area contributed by atoms with Crippen LogP contribution in [0.4, 0.5) is 0 Å². The fourth-order valence-electron chi connectivity index (χ4n) is 1.67. The number of hydrogen-bond acceptors (Lipinski definition) is 5. The van der Waals surface area contributed by atoms with Crippen LogP contribution in [-0.2, 0) is 19.1 Å². The lowest BCUT2D eigenvalue weighted by Gasteiger charge is -2.07. The minimum absolute atomic E-state index is 0.112. The zero-order chi connectivity index (χ0) is 15.7. The molecule has 0 aliphatic rings. The highest BCUT2D eigenvalue weighted by Crippen LogP contribution is 2.16. The van der Waals surface area contributed by atoms with Gasteiger partial charge < -0.3 is 14.2 Å². The van der Waals surface area contributed by atoms with Gasteiger partial charge >= 0.3 is 11.9 Å². The first kappa shape index (κ1) is 16.8. The molecule has 21 heavy (non-hydrogen) atoms. The number of rotatable bonds is 7. The first-order chi connectivity index (χ1) is 10.1. The van der Waals surface area contributed by atoms with Gasteiger partial charge in [-0.3, -0.25) is 4.79 Å². The molecule has 0 unspecified atom stereocenters. The summed E-state index contributed by atoms with van der Waals surface area (Å²) in [4.78, 5) is 23.4. The largest absolute Gasteiger partial charge is 0.497 e. The Labute approximate surface area is 124 Å². The number of carbonyl (C=O) groups excluding carboxylic acids is 2. The molecule has 5 heteroatoms. The van der Waals surface area contributed by atoms with E-state index in [9.17, 15) is 9.59 Å². The van der Waals surface area contributed by atoms with Crippen LogP contribution in [0.2, 0.25) is 0 Å². The number of hydrogen-bond donors (Lipinski definition) is 0. The lowest BCUT2D eigenvalue weighted by atomic mass is 10.1. The molecule has 0 saturated heterocycles. The first-order valence-electron chi connectivity index (χ1n) is 6.78. The van der Waals surface area contributed by atoms with Crippen LogP contribution < -0.4 is 4.74 Å². The van der Waals surface area contributed by atoms with Crippen molar-refractivity contribution in [1.29, 1.82) is 0 Å². The van der Waals surface area contributed by atoms with Crippen molar-refractivity contribution in [3.05, 3.63) is 35.4 Å². The minimum atomic E-state index is -0.513. The third-order valence-corrected chi connectivity index (χ3v) is 2.63. The summed E-state index contributed by atoms with van der Waals surface area (Å²) in [5, 5.41) is 0. The molecular formula is C16H20O5. The van der Waals surface area contributed by atoms with Crippen molar-refractivity contribution in [2.45, 2.75) is 20.3 Å². The van der Waals surface area contributed by atoms with E-state index in [0.29, 0.717) is 0 Å². The van der Waals surface area contributed by atoms with E-state index in [1.165, 1.54) is 0 Å². The zero-order valence-electron chi connectivity index (χ0n) is 12.5. The number of methoxy groups -OCH3 is 1. The minimum Gasteiger partial charge on any atom is -0.497 e. The predicted molar refractivity (Wildman–Crippen MR) is 78.9 cm³/mol. The highest BCUT2D eigenvalue weighted by molar-refractivity contribution is 5.98. The van der Waals surface area contributed by atoms with Gasteiger partial charge in [0.25, 0.3) is 0 Å². The van der Waals surface area contributed by atoms with Gasteiger partial charge in [0.2, 0.25) is 0 Å². The van der Waals surface area contributed by atoms with Gasteiger partial charge in [0.15, 0.2) is 0 Å². The van der Waals surface area contributed by atoms with Crippen LogP contribution in [0.3, 0.4) is 0 Å². The molecule has 1 rings (SSSR count). The molecule has 0 radical (unpaired) electrons. The second kappa shape index (κ2) is 8.79. The number of esters is 2. The van der Waals surface area contributed by atoms with E-state index in [0.717, 1.165) is 11.3 Å². The van der Waals surface area contributed by atoms with E-state index in [2.05, 4.69) is 0 Å². The summed E-state index contributed by atoms with van der Waals surface area (Å²) < 4.78 is 14.9. The summed E-state index contributed by atoms with van der Waals surface area (Å²) in [6.45, 7) is 3.96. The van der Waals surface area contributed by atoms with E-state index in [1.54, 1.807) is 51.3 Å². The molecule has 1 aromatic carbocycles. The molecule has 0 aromatic heterocycles. The van der Waals surface area contributed by atoms with E-state index < -0.39 is 11.9 Å². The zero-order valence-corrected chi connectivity index (χ0v) is 12.5. The van der Waals surface area contributed by atoms with Crippen LogP contribution >= 0.6 is 0 Å². The van der Waals surface area contributed by atoms with Gasteiger partial charge in [0.1, 0.15) is 5.75 Å². The van der Waals surface area contributed by atoms with Gasteiger partial charge in [-0.15, -0.1) is 0 Å². The Bertz CT molecular complexity index is 502. The summed E-state index contributed by atoms with van der Waals surface area (Å²) in [5.74, 6) is -0.248. The second-order valence-corrected chi connectivity index (χ2v) is 4.15. The Balaban J connectivity index is 2.94. The molecule has 114 valence electrons. The Kier molecular flexibility index (Phi) is 7.01. The summed E-state index contributed by atoms with van der Waals surface area (Å²) in [5.41, 5.74) is 1.05. The van der Waals surface area contributed by atoms with Gasteiger partial charge in [0.05, 0.1) is 26.7 Å². The molecule has 0 amide bonds. The van der Waals surface area contributed by atoms with Crippen LogP contribution in [0.15, 0.2) is 29.8 Å². The van der Waals surface area contributed by atoms with E-state index in [-0.39, 0.29) is 25.2 Å². The monoisotopic (exact) mass is 292 g/mol. The predicted octanol–water partition coefficient (Wildman–Crippen LogP) is 2.59. The number of benzene rings is 1. The van der Waals surface area contributed by atoms with Gasteiger partial charge in [0, 0.05) is 5.57 Å². The molecule has 0 aliphatic heterocycles. The van der Waals surface area contributed by atoms with E-state index >= 15 is 0 Å². The summed E-state index contributed by atoms with van der Waals surface area (Å²) in [7, 11) is 1.58. The van der Waals surface area contributed by atoms with E-state index in [4.69, 9.17) is 14.2 Å². The summed E-state index contributed by atoms with van der Waals surface area (Å²) >= 11 is 0. The SMILES string of the molecule is CCOC(=O)C/C(=C/c1ccc(OC)cc1)C(=O)OCC. The van der Waals surface area contributed by atoms with Crippen molar-refractivity contribution in [2.75, 3.05) is 20.3 Å². The number of ether oxygens (including phenoxy) is 3. The average molecular weight is 292 g/mol. The van der Waals surface area contributed by atoms with Crippen molar-refractivity contribution in [2.24, 2.45) is 0 Å². The first-order valence-corrected chi connectivity index (χ1v) is 6.78. The van der Waals surface area contributed by atoms with Crippen LogP contribution in [0.1, 0.15) is 25.8 Å². The maximum atomic E-state index is 11.9. The lowest BCUT2D eigenvalue weighted by Crippen LogP contribution is -2.13. The summed E-state index contributed by atoms with van der Waals surface area (Å²) in [6.07, 6.45) is 1.51. The van der Waals surface area contributed by atoms with Gasteiger partial charge in [-0.2, -0.15) is 0 Å². The molecular weight excluding hydrogens is 272 g/mol. The molecule has 1 aromatic rings. The maximum Gasteiger partial charge on any atom is 0.334 e. The van der Waals surface area contributed by atoms with Crippen LogP contribution in [0.5, 0.6) is 5.75 Å². The highest BCUT2D eigenvalue weighted by atomic mass is 16.5. The molecule has 5 nitrogen and oxygen atoms in total. The smallest absolute Gasteiger partial charge is 0.334 e. The van der Waals surface area contributed by atoms with Crippen molar-refractivity contribution in [3.63, 3.8) is 0 Å². The van der Waals surface area contributed by atoms with Crippen LogP contribution in [0, 0.1) is 0 Å². The number of carbonyl (C=O) groups is 2. The lowest BCUT2D eigenvalue weighted by molar-refractivity contribution is -0.145. The van der Waals surface area contributed by atoms with Gasteiger partial charge in [-0.1, -0.05) is 12.1 Å². The topological polar surface area (TPSA) is 61.8 Å². The Hall–Kier alpha value is -2.30. The van der Waals surface area contributed by atoms with Crippen molar-refractivity contribution in [1.82, 2.24) is 0 Å². The summed E-state index contributed by atoms with van der Waals surface area (Å²) in [6, 6.07) is 7.14. The van der Waals surface area contributed by atoms with Gasteiger partial charge in [-0.05, 0) is 37.6 Å². The third kappa shape index (κ3) is 5.69. The highest BCUT2D eigenvalue weighted by Gasteiger charge is 2.16. The molecule has 0 atom stereocenters. The fourth-order valence-corrected chi connectivity index (χ4v) is 1.67. The normalized spacial score (nSPS) is 10.9. The van der Waals surface area contributed by atoms with Crippen molar-refractivity contribution < 1.29 is 23.8 Å². The average Bonchev–Trinajstić information content (AvgIpc) is 2.48. The molecule has 0 aliphatic carbocycles. The van der Waals surface area contributed by atoms with Gasteiger partial charge in [-0.25, -0.2) is 4.79 Å². The van der Waals surface area contributed by atoms with Crippen molar-refractivity contribution in [3.8, 4) is 5.75 Å². The standard InChI is InChI=1S/C16H20O5/c1-4-20-15(17)11-13(16(18)21-5-2)10-12-6-8-14(19-3)9-7-12/h6-10H,4-5,11H2,1-3H3/b13-10-. The fraction of sp³-hybridized carbons (Fsp3) is 0.375. The van der Waals surface area contributed by atoms with Crippen LogP contribution in [-0.4, -0.2) is 32.3 Å². The van der Waals surface area contributed by atoms with E-state index in [1.807, 2.05) is 0 Å². The Morgan fingerprint density at radius 2 is 1.67 bits per heavy atom. The molecule has 0 fully saturated rings. The maximum absolute atomic E-state index is 11.9. The van der Waals surface area contributed by atoms with Crippen LogP contribution in [0.25, 0.3) is 6.08 Å². The quantitative estimate of drug-likeness (QED) is 0.571. The third-order valence-electron chi connectivity index (χ3n) is 2.63.